The molecule has 0 atom stereocenters. The van der Waals surface area contributed by atoms with Gasteiger partial charge in [-0.3, -0.25) is 15.1 Å². The first-order valence-corrected chi connectivity index (χ1v) is 8.88. The number of hydrogen-bond acceptors (Lipinski definition) is 8. The lowest BCUT2D eigenvalue weighted by atomic mass is 10.2. The van der Waals surface area contributed by atoms with Crippen LogP contribution in [0.1, 0.15) is 21.7 Å². The molecule has 1 amide bonds. The largest absolute Gasteiger partial charge is 0.296 e. The second-order valence-corrected chi connectivity index (χ2v) is 6.62. The maximum atomic E-state index is 12.6. The molecule has 9 nitrogen and oxygen atoms in total. The molecule has 0 aliphatic heterocycles. The summed E-state index contributed by atoms with van der Waals surface area (Å²) in [6.45, 7) is 3.95. The molecule has 0 saturated heterocycles. The van der Waals surface area contributed by atoms with E-state index in [1.54, 1.807) is 12.3 Å². The highest BCUT2D eigenvalue weighted by atomic mass is 32.1. The number of amides is 1. The number of thiazole rings is 1. The normalized spacial score (nSPS) is 10.7. The second kappa shape index (κ2) is 7.00. The van der Waals surface area contributed by atoms with Crippen LogP contribution in [0.15, 0.2) is 42.3 Å². The Bertz CT molecular complexity index is 1080. The van der Waals surface area contributed by atoms with Gasteiger partial charge in [0.05, 0.1) is 11.9 Å². The number of aromatic nitrogens is 7. The van der Waals surface area contributed by atoms with Crippen molar-refractivity contribution < 1.29 is 4.79 Å². The molecule has 134 valence electrons. The molecule has 0 unspecified atom stereocenters. The molecule has 0 aliphatic rings. The fourth-order valence-corrected chi connectivity index (χ4v) is 3.25. The Balaban J connectivity index is 1.57. The first kappa shape index (κ1) is 16.9. The fraction of sp³-hybridized carbons (Fsp3) is 0.118. The number of pyridine rings is 1. The van der Waals surface area contributed by atoms with Gasteiger partial charge in [-0.2, -0.15) is 4.68 Å². The molecule has 4 rings (SSSR count). The van der Waals surface area contributed by atoms with Crippen LogP contribution in [0.3, 0.4) is 0 Å². The Hall–Kier alpha value is -3.53. The molecule has 0 aliphatic carbocycles. The van der Waals surface area contributed by atoms with Gasteiger partial charge in [0.1, 0.15) is 12.0 Å². The Morgan fingerprint density at radius 1 is 1.19 bits per heavy atom. The van der Waals surface area contributed by atoms with Crippen molar-refractivity contribution in [3.63, 3.8) is 0 Å². The zero-order valence-corrected chi connectivity index (χ0v) is 15.3. The number of rotatable bonds is 4. The van der Waals surface area contributed by atoms with Gasteiger partial charge in [0.25, 0.3) is 5.91 Å². The van der Waals surface area contributed by atoms with E-state index < -0.39 is 0 Å². The zero-order chi connectivity index (χ0) is 18.8. The molecule has 4 aromatic rings. The minimum Gasteiger partial charge on any atom is -0.296 e. The second-order valence-electron chi connectivity index (χ2n) is 5.76. The van der Waals surface area contributed by atoms with Crippen molar-refractivity contribution in [3.8, 4) is 17.2 Å². The number of nitrogens with one attached hydrogen (secondary N) is 1. The van der Waals surface area contributed by atoms with Crippen LogP contribution in [0.4, 0.5) is 5.13 Å². The average molecular weight is 378 g/mol. The predicted octanol–water partition coefficient (Wildman–Crippen LogP) is 2.44. The van der Waals surface area contributed by atoms with Gasteiger partial charge in [-0.15, -0.1) is 16.4 Å². The van der Waals surface area contributed by atoms with E-state index in [0.717, 1.165) is 17.0 Å². The van der Waals surface area contributed by atoms with Crippen molar-refractivity contribution >= 4 is 22.4 Å². The minimum atomic E-state index is -0.382. The molecule has 0 aromatic carbocycles. The first-order valence-electron chi connectivity index (χ1n) is 8.00. The lowest BCUT2D eigenvalue weighted by Gasteiger charge is -2.04. The molecule has 0 spiro atoms. The number of anilines is 1. The van der Waals surface area contributed by atoms with Crippen LogP contribution >= 0.6 is 11.3 Å². The Morgan fingerprint density at radius 2 is 2.07 bits per heavy atom. The third kappa shape index (κ3) is 3.55. The van der Waals surface area contributed by atoms with Gasteiger partial charge < -0.3 is 0 Å². The quantitative estimate of drug-likeness (QED) is 0.580. The lowest BCUT2D eigenvalue weighted by Crippen LogP contribution is -2.17. The molecule has 27 heavy (non-hydrogen) atoms. The Kier molecular flexibility index (Phi) is 4.38. The van der Waals surface area contributed by atoms with E-state index in [2.05, 4.69) is 35.6 Å². The van der Waals surface area contributed by atoms with Gasteiger partial charge in [0, 0.05) is 23.3 Å². The van der Waals surface area contributed by atoms with E-state index in [9.17, 15) is 4.79 Å². The van der Waals surface area contributed by atoms with Crippen LogP contribution in [-0.4, -0.2) is 40.8 Å². The summed E-state index contributed by atoms with van der Waals surface area (Å²) < 4.78 is 1.34. The third-order valence-corrected chi connectivity index (χ3v) is 4.41. The van der Waals surface area contributed by atoms with Crippen molar-refractivity contribution in [1.82, 2.24) is 34.9 Å². The van der Waals surface area contributed by atoms with Crippen molar-refractivity contribution in [1.29, 1.82) is 0 Å². The topological polar surface area (TPSA) is 111 Å². The van der Waals surface area contributed by atoms with E-state index in [1.165, 1.54) is 28.5 Å². The van der Waals surface area contributed by atoms with Gasteiger partial charge in [0.2, 0.25) is 0 Å². The van der Waals surface area contributed by atoms with Crippen molar-refractivity contribution in [2.45, 2.75) is 13.8 Å². The third-order valence-electron chi connectivity index (χ3n) is 3.65. The Morgan fingerprint density at radius 3 is 2.85 bits per heavy atom. The van der Waals surface area contributed by atoms with E-state index >= 15 is 0 Å². The summed E-state index contributed by atoms with van der Waals surface area (Å²) in [5.74, 6) is 0.0693. The highest BCUT2D eigenvalue weighted by molar-refractivity contribution is 7.14. The zero-order valence-electron chi connectivity index (χ0n) is 14.5. The highest BCUT2D eigenvalue weighted by Gasteiger charge is 2.17. The summed E-state index contributed by atoms with van der Waals surface area (Å²) in [6, 6.07) is 5.60. The van der Waals surface area contributed by atoms with Gasteiger partial charge in [-0.1, -0.05) is 5.21 Å². The van der Waals surface area contributed by atoms with Crippen LogP contribution < -0.4 is 5.32 Å². The van der Waals surface area contributed by atoms with E-state index in [4.69, 9.17) is 0 Å². The van der Waals surface area contributed by atoms with Crippen LogP contribution in [0, 0.1) is 13.8 Å². The fourth-order valence-electron chi connectivity index (χ4n) is 2.55. The number of aryl methyl sites for hydroxylation is 2. The SMILES string of the molecule is Cc1cc(C)nc(-c2csc(NC(=O)c3cnnn3-c3ccncn3)n2)c1. The van der Waals surface area contributed by atoms with Crippen molar-refractivity contribution in [2.75, 3.05) is 5.32 Å². The first-order chi connectivity index (χ1) is 13.1. The molecular formula is C17H14N8OS. The average Bonchev–Trinajstić information content (AvgIpc) is 3.31. The van der Waals surface area contributed by atoms with Gasteiger partial charge in [-0.05, 0) is 31.5 Å². The van der Waals surface area contributed by atoms with Gasteiger partial charge in [-0.25, -0.2) is 15.0 Å². The molecule has 0 fully saturated rings. The van der Waals surface area contributed by atoms with Crippen molar-refractivity contribution in [3.05, 3.63) is 59.3 Å². The molecule has 4 aromatic heterocycles. The smallest absolute Gasteiger partial charge is 0.277 e. The number of hydrogen-bond donors (Lipinski definition) is 1. The summed E-state index contributed by atoms with van der Waals surface area (Å²) in [6.07, 6.45) is 4.32. The summed E-state index contributed by atoms with van der Waals surface area (Å²) in [5, 5.41) is 12.8. The molecule has 0 saturated carbocycles. The van der Waals surface area contributed by atoms with Crippen LogP contribution in [0.2, 0.25) is 0 Å². The van der Waals surface area contributed by atoms with E-state index in [0.29, 0.717) is 16.6 Å². The number of carbonyl (C=O) groups excluding carboxylic acids is 1. The lowest BCUT2D eigenvalue weighted by molar-refractivity contribution is 0.101. The molecule has 0 radical (unpaired) electrons. The number of nitrogens with zero attached hydrogens (tertiary/aromatic N) is 7. The number of carbonyl (C=O) groups is 1. The van der Waals surface area contributed by atoms with Crippen molar-refractivity contribution in [2.24, 2.45) is 0 Å². The van der Waals surface area contributed by atoms with E-state index in [-0.39, 0.29) is 11.6 Å². The summed E-state index contributed by atoms with van der Waals surface area (Å²) in [5.41, 5.74) is 3.76. The van der Waals surface area contributed by atoms with Crippen LogP contribution in [0.5, 0.6) is 0 Å². The van der Waals surface area contributed by atoms with Crippen LogP contribution in [0.25, 0.3) is 17.2 Å². The molecule has 10 heteroatoms. The van der Waals surface area contributed by atoms with Crippen LogP contribution in [-0.2, 0) is 0 Å². The molecule has 0 bridgehead atoms. The highest BCUT2D eigenvalue weighted by Crippen LogP contribution is 2.25. The molecular weight excluding hydrogens is 364 g/mol. The van der Waals surface area contributed by atoms with E-state index in [1.807, 2.05) is 31.4 Å². The predicted molar refractivity (Wildman–Crippen MR) is 99.7 cm³/mol. The maximum absolute atomic E-state index is 12.6. The standard InChI is InChI=1S/C17H14N8OS/c1-10-5-11(2)21-12(6-10)13-8-27-17(22-13)23-16(26)14-7-20-24-25(14)15-3-4-18-9-19-15/h3-9H,1-2H3,(H,22,23,26). The van der Waals surface area contributed by atoms with Gasteiger partial charge >= 0.3 is 0 Å². The van der Waals surface area contributed by atoms with Gasteiger partial charge in [0.15, 0.2) is 16.6 Å². The summed E-state index contributed by atoms with van der Waals surface area (Å²) in [7, 11) is 0. The summed E-state index contributed by atoms with van der Waals surface area (Å²) in [4.78, 5) is 29.5. The maximum Gasteiger partial charge on any atom is 0.277 e. The summed E-state index contributed by atoms with van der Waals surface area (Å²) >= 11 is 1.32. The Labute approximate surface area is 158 Å². The molecule has 1 N–H and O–H groups in total. The molecule has 4 heterocycles. The minimum absolute atomic E-state index is 0.245. The monoisotopic (exact) mass is 378 g/mol.